The number of aliphatic hydroxyl groups excluding tert-OH is 1. The Labute approximate surface area is 96.1 Å². The summed E-state index contributed by atoms with van der Waals surface area (Å²) in [6.07, 6.45) is 1.52. The maximum atomic E-state index is 10.2. The standard InChI is InChI=1S/C11H21NO4/c1-3-7-16-10(4-2)9(13)8-12-6-5-11(14)15/h3,9-10,12-13H,1,4-8H2,2H3,(H,14,15). The molecule has 2 atom stereocenters. The summed E-state index contributed by atoms with van der Waals surface area (Å²) in [6.45, 7) is 6.55. The van der Waals surface area contributed by atoms with E-state index in [0.29, 0.717) is 26.1 Å². The molecule has 0 bridgehead atoms. The normalized spacial score (nSPS) is 14.4. The molecular formula is C11H21NO4. The number of nitrogens with one attached hydrogen (secondary N) is 1. The number of carboxylic acid groups (broad SMARTS) is 1. The minimum Gasteiger partial charge on any atom is -0.481 e. The Kier molecular flexibility index (Phi) is 8.80. The second kappa shape index (κ2) is 9.33. The summed E-state index contributed by atoms with van der Waals surface area (Å²) in [4.78, 5) is 10.2. The molecule has 0 amide bonds. The largest absolute Gasteiger partial charge is 0.481 e. The van der Waals surface area contributed by atoms with Crippen molar-refractivity contribution in [1.82, 2.24) is 5.32 Å². The smallest absolute Gasteiger partial charge is 0.304 e. The van der Waals surface area contributed by atoms with E-state index in [1.807, 2.05) is 6.92 Å². The van der Waals surface area contributed by atoms with Gasteiger partial charge in [-0.15, -0.1) is 6.58 Å². The maximum absolute atomic E-state index is 10.2. The van der Waals surface area contributed by atoms with Crippen LogP contribution in [0.4, 0.5) is 0 Å². The zero-order valence-corrected chi connectivity index (χ0v) is 9.69. The molecule has 0 spiro atoms. The van der Waals surface area contributed by atoms with E-state index in [1.54, 1.807) is 6.08 Å². The summed E-state index contributed by atoms with van der Waals surface area (Å²) >= 11 is 0. The van der Waals surface area contributed by atoms with Crippen LogP contribution in [-0.2, 0) is 9.53 Å². The SMILES string of the molecule is C=CCOC(CC)C(O)CNCCC(=O)O. The Morgan fingerprint density at radius 2 is 2.31 bits per heavy atom. The highest BCUT2D eigenvalue weighted by molar-refractivity contribution is 5.66. The predicted molar refractivity (Wildman–Crippen MR) is 61.4 cm³/mol. The van der Waals surface area contributed by atoms with Gasteiger partial charge in [-0.3, -0.25) is 4.79 Å². The van der Waals surface area contributed by atoms with Crippen LogP contribution in [0.15, 0.2) is 12.7 Å². The number of hydrogen-bond acceptors (Lipinski definition) is 4. The molecule has 0 rings (SSSR count). The van der Waals surface area contributed by atoms with Gasteiger partial charge in [-0.05, 0) is 6.42 Å². The van der Waals surface area contributed by atoms with Crippen LogP contribution in [-0.4, -0.2) is 48.1 Å². The molecule has 0 aliphatic heterocycles. The van der Waals surface area contributed by atoms with E-state index in [1.165, 1.54) is 0 Å². The molecule has 0 aliphatic rings. The van der Waals surface area contributed by atoms with Gasteiger partial charge in [-0.1, -0.05) is 13.0 Å². The second-order valence-electron chi connectivity index (χ2n) is 3.48. The van der Waals surface area contributed by atoms with Crippen molar-refractivity contribution in [3.8, 4) is 0 Å². The first-order valence-electron chi connectivity index (χ1n) is 5.44. The van der Waals surface area contributed by atoms with Crippen LogP contribution in [0.5, 0.6) is 0 Å². The first kappa shape index (κ1) is 15.1. The van der Waals surface area contributed by atoms with Crippen molar-refractivity contribution < 1.29 is 19.7 Å². The first-order valence-corrected chi connectivity index (χ1v) is 5.44. The summed E-state index contributed by atoms with van der Waals surface area (Å²) in [5.74, 6) is -0.850. The number of ether oxygens (including phenoxy) is 1. The van der Waals surface area contributed by atoms with Crippen molar-refractivity contribution in [2.24, 2.45) is 0 Å². The molecule has 0 aromatic heterocycles. The lowest BCUT2D eigenvalue weighted by atomic mass is 10.1. The Hall–Kier alpha value is -0.910. The minimum absolute atomic E-state index is 0.0526. The average Bonchev–Trinajstić information content (AvgIpc) is 2.25. The van der Waals surface area contributed by atoms with Gasteiger partial charge in [0.15, 0.2) is 0 Å². The fourth-order valence-corrected chi connectivity index (χ4v) is 1.27. The molecule has 16 heavy (non-hydrogen) atoms. The number of hydrogen-bond donors (Lipinski definition) is 3. The van der Waals surface area contributed by atoms with E-state index in [2.05, 4.69) is 11.9 Å². The van der Waals surface area contributed by atoms with Crippen LogP contribution >= 0.6 is 0 Å². The molecule has 0 radical (unpaired) electrons. The van der Waals surface area contributed by atoms with Crippen molar-refractivity contribution in [1.29, 1.82) is 0 Å². The molecular weight excluding hydrogens is 210 g/mol. The second-order valence-corrected chi connectivity index (χ2v) is 3.48. The summed E-state index contributed by atoms with van der Waals surface area (Å²) in [6, 6.07) is 0. The van der Waals surface area contributed by atoms with E-state index in [-0.39, 0.29) is 12.5 Å². The molecule has 94 valence electrons. The Morgan fingerprint density at radius 3 is 2.81 bits per heavy atom. The highest BCUT2D eigenvalue weighted by Gasteiger charge is 2.16. The van der Waals surface area contributed by atoms with Gasteiger partial charge in [0.2, 0.25) is 0 Å². The van der Waals surface area contributed by atoms with E-state index >= 15 is 0 Å². The first-order chi connectivity index (χ1) is 7.61. The van der Waals surface area contributed by atoms with Gasteiger partial charge in [0, 0.05) is 13.1 Å². The molecule has 0 saturated carbocycles. The van der Waals surface area contributed by atoms with Crippen molar-refractivity contribution in [3.05, 3.63) is 12.7 Å². The zero-order chi connectivity index (χ0) is 12.4. The number of rotatable bonds is 10. The Balaban J connectivity index is 3.69. The lowest BCUT2D eigenvalue weighted by molar-refractivity contribution is -0.136. The zero-order valence-electron chi connectivity index (χ0n) is 9.69. The molecule has 0 heterocycles. The van der Waals surface area contributed by atoms with Crippen molar-refractivity contribution >= 4 is 5.97 Å². The monoisotopic (exact) mass is 231 g/mol. The molecule has 0 aromatic carbocycles. The van der Waals surface area contributed by atoms with Gasteiger partial charge < -0.3 is 20.3 Å². The van der Waals surface area contributed by atoms with E-state index in [0.717, 1.165) is 0 Å². The molecule has 0 aromatic rings. The average molecular weight is 231 g/mol. The van der Waals surface area contributed by atoms with E-state index in [4.69, 9.17) is 9.84 Å². The van der Waals surface area contributed by atoms with Crippen LogP contribution in [0.25, 0.3) is 0 Å². The fraction of sp³-hybridized carbons (Fsp3) is 0.727. The van der Waals surface area contributed by atoms with Crippen LogP contribution in [0, 0.1) is 0 Å². The third kappa shape index (κ3) is 7.39. The summed E-state index contributed by atoms with van der Waals surface area (Å²) < 4.78 is 5.36. The maximum Gasteiger partial charge on any atom is 0.304 e. The number of carboxylic acids is 1. The molecule has 0 aliphatic carbocycles. The van der Waals surface area contributed by atoms with Gasteiger partial charge in [-0.25, -0.2) is 0 Å². The number of aliphatic hydroxyl groups is 1. The van der Waals surface area contributed by atoms with Crippen molar-refractivity contribution in [2.75, 3.05) is 19.7 Å². The van der Waals surface area contributed by atoms with Gasteiger partial charge in [0.1, 0.15) is 0 Å². The summed E-state index contributed by atoms with van der Waals surface area (Å²) in [7, 11) is 0. The molecule has 3 N–H and O–H groups in total. The van der Waals surface area contributed by atoms with Crippen molar-refractivity contribution in [2.45, 2.75) is 32.0 Å². The highest BCUT2D eigenvalue weighted by Crippen LogP contribution is 2.03. The van der Waals surface area contributed by atoms with Gasteiger partial charge in [0.05, 0.1) is 25.2 Å². The summed E-state index contributed by atoms with van der Waals surface area (Å²) in [5, 5.41) is 21.0. The Morgan fingerprint density at radius 1 is 1.62 bits per heavy atom. The van der Waals surface area contributed by atoms with E-state index in [9.17, 15) is 9.90 Å². The third-order valence-electron chi connectivity index (χ3n) is 2.13. The molecule has 0 saturated heterocycles. The van der Waals surface area contributed by atoms with Crippen LogP contribution in [0.2, 0.25) is 0 Å². The van der Waals surface area contributed by atoms with Crippen LogP contribution in [0.1, 0.15) is 19.8 Å². The van der Waals surface area contributed by atoms with Gasteiger partial charge in [-0.2, -0.15) is 0 Å². The quantitative estimate of drug-likeness (QED) is 0.374. The lowest BCUT2D eigenvalue weighted by Crippen LogP contribution is -2.38. The lowest BCUT2D eigenvalue weighted by Gasteiger charge is -2.21. The Bertz CT molecular complexity index is 208. The van der Waals surface area contributed by atoms with Gasteiger partial charge >= 0.3 is 5.97 Å². The minimum atomic E-state index is -0.850. The van der Waals surface area contributed by atoms with Crippen LogP contribution < -0.4 is 5.32 Å². The topological polar surface area (TPSA) is 78.8 Å². The van der Waals surface area contributed by atoms with Crippen LogP contribution in [0.3, 0.4) is 0 Å². The fourth-order valence-electron chi connectivity index (χ4n) is 1.27. The number of aliphatic carboxylic acids is 1. The van der Waals surface area contributed by atoms with Crippen molar-refractivity contribution in [3.63, 3.8) is 0 Å². The van der Waals surface area contributed by atoms with Gasteiger partial charge in [0.25, 0.3) is 0 Å². The molecule has 0 fully saturated rings. The molecule has 5 nitrogen and oxygen atoms in total. The number of carbonyl (C=O) groups is 1. The summed E-state index contributed by atoms with van der Waals surface area (Å²) in [5.41, 5.74) is 0. The predicted octanol–water partition coefficient (Wildman–Crippen LogP) is 0.393. The van der Waals surface area contributed by atoms with E-state index < -0.39 is 12.1 Å². The molecule has 5 heteroatoms. The molecule has 2 unspecified atom stereocenters. The highest BCUT2D eigenvalue weighted by atomic mass is 16.5. The third-order valence-corrected chi connectivity index (χ3v) is 2.13.